The molecule has 1 aromatic carbocycles. The summed E-state index contributed by atoms with van der Waals surface area (Å²) in [6, 6.07) is 6.02. The summed E-state index contributed by atoms with van der Waals surface area (Å²) in [6.07, 6.45) is 4.42. The minimum atomic E-state index is -0.475. The second kappa shape index (κ2) is 8.31. The van der Waals surface area contributed by atoms with Gasteiger partial charge in [0.15, 0.2) is 0 Å². The van der Waals surface area contributed by atoms with Crippen molar-refractivity contribution in [1.82, 2.24) is 15.1 Å². The Morgan fingerprint density at radius 3 is 2.69 bits per heavy atom. The number of benzene rings is 1. The highest BCUT2D eigenvalue weighted by Gasteiger charge is 2.24. The Morgan fingerprint density at radius 2 is 2.00 bits per heavy atom. The van der Waals surface area contributed by atoms with E-state index in [2.05, 4.69) is 10.2 Å². The largest absolute Gasteiger partial charge is 0.411 e. The molecule has 0 aliphatic carbocycles. The second-order valence-corrected chi connectivity index (χ2v) is 7.47. The number of nitro groups is 1. The Balaban J connectivity index is 1.67. The minimum absolute atomic E-state index is 0.0420. The molecule has 8 nitrogen and oxygen atoms in total. The zero-order chi connectivity index (χ0) is 18.5. The third-order valence-electron chi connectivity index (χ3n) is 4.25. The number of nitro benzene ring substituents is 1. The number of amides is 1. The van der Waals surface area contributed by atoms with Gasteiger partial charge in [0.2, 0.25) is 11.8 Å². The van der Waals surface area contributed by atoms with Crippen LogP contribution in [0.5, 0.6) is 0 Å². The molecule has 1 atom stereocenters. The Kier molecular flexibility index (Phi) is 5.87. The average Bonchev–Trinajstić information content (AvgIpc) is 2.93. The van der Waals surface area contributed by atoms with E-state index >= 15 is 0 Å². The van der Waals surface area contributed by atoms with Gasteiger partial charge in [-0.05, 0) is 25.8 Å². The SMILES string of the molecule is C[C@H](Sc1nnc(-c2cccc([N+](=O)[O-])c2)o1)C(=O)N1CCCCCC1. The van der Waals surface area contributed by atoms with E-state index in [1.807, 2.05) is 11.8 Å². The van der Waals surface area contributed by atoms with Crippen molar-refractivity contribution < 1.29 is 14.1 Å². The molecule has 0 spiro atoms. The average molecular weight is 376 g/mol. The number of rotatable bonds is 5. The maximum absolute atomic E-state index is 12.6. The Hall–Kier alpha value is -2.42. The van der Waals surface area contributed by atoms with Crippen LogP contribution in [0.1, 0.15) is 32.6 Å². The monoisotopic (exact) mass is 376 g/mol. The van der Waals surface area contributed by atoms with Crippen LogP contribution in [-0.2, 0) is 4.79 Å². The molecule has 1 amide bonds. The molecular weight excluding hydrogens is 356 g/mol. The zero-order valence-electron chi connectivity index (χ0n) is 14.5. The molecular formula is C17H20N4O4S. The lowest BCUT2D eigenvalue weighted by Gasteiger charge is -2.23. The first-order chi connectivity index (χ1) is 12.5. The molecule has 0 N–H and O–H groups in total. The number of thioether (sulfide) groups is 1. The fourth-order valence-electron chi connectivity index (χ4n) is 2.88. The third kappa shape index (κ3) is 4.40. The van der Waals surface area contributed by atoms with Crippen LogP contribution < -0.4 is 0 Å². The lowest BCUT2D eigenvalue weighted by Crippen LogP contribution is -2.37. The van der Waals surface area contributed by atoms with Gasteiger partial charge >= 0.3 is 0 Å². The lowest BCUT2D eigenvalue weighted by molar-refractivity contribution is -0.384. The first-order valence-electron chi connectivity index (χ1n) is 8.58. The first-order valence-corrected chi connectivity index (χ1v) is 9.46. The molecule has 138 valence electrons. The van der Waals surface area contributed by atoms with Gasteiger partial charge in [0.25, 0.3) is 10.9 Å². The molecule has 1 aliphatic rings. The van der Waals surface area contributed by atoms with Gasteiger partial charge in [-0.2, -0.15) is 0 Å². The molecule has 2 aromatic rings. The van der Waals surface area contributed by atoms with E-state index in [4.69, 9.17) is 4.42 Å². The molecule has 26 heavy (non-hydrogen) atoms. The minimum Gasteiger partial charge on any atom is -0.411 e. The van der Waals surface area contributed by atoms with Crippen LogP contribution in [0.4, 0.5) is 5.69 Å². The Labute approximate surface area is 155 Å². The van der Waals surface area contributed by atoms with Gasteiger partial charge in [-0.3, -0.25) is 14.9 Å². The van der Waals surface area contributed by atoms with Gasteiger partial charge in [-0.25, -0.2) is 0 Å². The molecule has 1 saturated heterocycles. The topological polar surface area (TPSA) is 102 Å². The molecule has 3 rings (SSSR count). The number of carbonyl (C=O) groups excluding carboxylic acids is 1. The van der Waals surface area contributed by atoms with Crippen LogP contribution in [0.3, 0.4) is 0 Å². The number of carbonyl (C=O) groups is 1. The molecule has 0 radical (unpaired) electrons. The van der Waals surface area contributed by atoms with Gasteiger partial charge in [0, 0.05) is 30.8 Å². The van der Waals surface area contributed by atoms with Crippen LogP contribution in [0, 0.1) is 10.1 Å². The van der Waals surface area contributed by atoms with Crippen molar-refractivity contribution >= 4 is 23.4 Å². The summed E-state index contributed by atoms with van der Waals surface area (Å²) in [5.41, 5.74) is 0.435. The van der Waals surface area contributed by atoms with Crippen molar-refractivity contribution in [3.05, 3.63) is 34.4 Å². The Bertz CT molecular complexity index is 787. The quantitative estimate of drug-likeness (QED) is 0.447. The van der Waals surface area contributed by atoms with Crippen molar-refractivity contribution in [2.24, 2.45) is 0 Å². The second-order valence-electron chi connectivity index (χ2n) is 6.18. The molecule has 9 heteroatoms. The van der Waals surface area contributed by atoms with Crippen molar-refractivity contribution in [2.45, 2.75) is 43.1 Å². The highest BCUT2D eigenvalue weighted by Crippen LogP contribution is 2.28. The van der Waals surface area contributed by atoms with Gasteiger partial charge in [0.1, 0.15) is 0 Å². The fraction of sp³-hybridized carbons (Fsp3) is 0.471. The summed E-state index contributed by atoms with van der Waals surface area (Å²) in [5, 5.41) is 18.7. The number of aromatic nitrogens is 2. The number of likely N-dealkylation sites (tertiary alicyclic amines) is 1. The van der Waals surface area contributed by atoms with Crippen molar-refractivity contribution in [3.63, 3.8) is 0 Å². The standard InChI is InChI=1S/C17H20N4O4S/c1-12(16(22)20-9-4-2-3-5-10-20)26-17-19-18-15(25-17)13-7-6-8-14(11-13)21(23)24/h6-8,11-12H,2-5,9-10H2,1H3/t12-/m0/s1. The summed E-state index contributed by atoms with van der Waals surface area (Å²) >= 11 is 1.21. The van der Waals surface area contributed by atoms with E-state index in [1.165, 1.54) is 36.7 Å². The number of hydrogen-bond acceptors (Lipinski definition) is 7. The maximum Gasteiger partial charge on any atom is 0.277 e. The molecule has 0 bridgehead atoms. The predicted molar refractivity (Wildman–Crippen MR) is 96.8 cm³/mol. The molecule has 1 aromatic heterocycles. The van der Waals surface area contributed by atoms with Crippen LogP contribution in [-0.4, -0.2) is 44.3 Å². The van der Waals surface area contributed by atoms with E-state index in [0.29, 0.717) is 5.56 Å². The number of nitrogens with zero attached hydrogens (tertiary/aromatic N) is 4. The van der Waals surface area contributed by atoms with Gasteiger partial charge < -0.3 is 9.32 Å². The number of hydrogen-bond donors (Lipinski definition) is 0. The number of non-ortho nitro benzene ring substituents is 1. The first kappa shape index (κ1) is 18.4. The molecule has 2 heterocycles. The normalized spacial score (nSPS) is 16.1. The molecule has 1 aliphatic heterocycles. The molecule has 0 unspecified atom stereocenters. The highest BCUT2D eigenvalue weighted by atomic mass is 32.2. The van der Waals surface area contributed by atoms with E-state index < -0.39 is 4.92 Å². The van der Waals surface area contributed by atoms with E-state index in [1.54, 1.807) is 12.1 Å². The summed E-state index contributed by atoms with van der Waals surface area (Å²) in [5.74, 6) is 0.276. The lowest BCUT2D eigenvalue weighted by atomic mass is 10.2. The summed E-state index contributed by atoms with van der Waals surface area (Å²) < 4.78 is 5.58. The smallest absolute Gasteiger partial charge is 0.277 e. The maximum atomic E-state index is 12.6. The zero-order valence-corrected chi connectivity index (χ0v) is 15.3. The van der Waals surface area contributed by atoms with Gasteiger partial charge in [-0.1, -0.05) is 30.7 Å². The predicted octanol–water partition coefficient (Wildman–Crippen LogP) is 3.53. The van der Waals surface area contributed by atoms with E-state index in [0.717, 1.165) is 25.9 Å². The molecule has 0 saturated carbocycles. The highest BCUT2D eigenvalue weighted by molar-refractivity contribution is 8.00. The van der Waals surface area contributed by atoms with Crippen molar-refractivity contribution in [3.8, 4) is 11.5 Å². The van der Waals surface area contributed by atoms with Crippen molar-refractivity contribution in [2.75, 3.05) is 13.1 Å². The summed E-state index contributed by atoms with van der Waals surface area (Å²) in [7, 11) is 0. The Morgan fingerprint density at radius 1 is 1.27 bits per heavy atom. The summed E-state index contributed by atoms with van der Waals surface area (Å²) in [4.78, 5) is 24.9. The van der Waals surface area contributed by atoms with Crippen LogP contribution >= 0.6 is 11.8 Å². The van der Waals surface area contributed by atoms with E-state index in [-0.39, 0.29) is 28.0 Å². The van der Waals surface area contributed by atoms with Crippen LogP contribution in [0.2, 0.25) is 0 Å². The molecule has 1 fully saturated rings. The van der Waals surface area contributed by atoms with E-state index in [9.17, 15) is 14.9 Å². The summed E-state index contributed by atoms with van der Waals surface area (Å²) in [6.45, 7) is 3.42. The van der Waals surface area contributed by atoms with Crippen LogP contribution in [0.25, 0.3) is 11.5 Å². The van der Waals surface area contributed by atoms with Crippen molar-refractivity contribution in [1.29, 1.82) is 0 Å². The van der Waals surface area contributed by atoms with Crippen LogP contribution in [0.15, 0.2) is 33.9 Å². The third-order valence-corrected chi connectivity index (χ3v) is 5.18. The van der Waals surface area contributed by atoms with Gasteiger partial charge in [-0.15, -0.1) is 10.2 Å². The van der Waals surface area contributed by atoms with Gasteiger partial charge in [0.05, 0.1) is 10.2 Å². The fourth-order valence-corrected chi connectivity index (χ4v) is 3.64.